The van der Waals surface area contributed by atoms with Gasteiger partial charge in [0, 0.05) is 5.41 Å². The van der Waals surface area contributed by atoms with E-state index in [1.807, 2.05) is 24.3 Å². The molecule has 0 unspecified atom stereocenters. The fourth-order valence-corrected chi connectivity index (χ4v) is 7.38. The Hall–Kier alpha value is -5.20. The summed E-state index contributed by atoms with van der Waals surface area (Å²) in [6.45, 7) is 22.0. The van der Waals surface area contributed by atoms with Crippen molar-refractivity contribution in [2.24, 2.45) is 0 Å². The molecule has 1 aliphatic carbocycles. The Bertz CT molecular complexity index is 2170. The van der Waals surface area contributed by atoms with Gasteiger partial charge >= 0.3 is 0 Å². The maximum Gasteiger partial charge on any atom is 0.0159 e. The molecular formula is C43H34. The van der Waals surface area contributed by atoms with E-state index in [0.717, 1.165) is 33.4 Å². The monoisotopic (exact) mass is 550 g/mol. The molecular weight excluding hydrogens is 516 g/mol. The first-order chi connectivity index (χ1) is 20.9. The van der Waals surface area contributed by atoms with E-state index in [1.54, 1.807) is 0 Å². The van der Waals surface area contributed by atoms with E-state index in [4.69, 9.17) is 0 Å². The number of hydrogen-bond acceptors (Lipinski definition) is 0. The van der Waals surface area contributed by atoms with Crippen LogP contribution in [0.1, 0.15) is 47.2 Å². The zero-order chi connectivity index (χ0) is 29.9. The second kappa shape index (κ2) is 9.96. The first-order valence-electron chi connectivity index (χ1n) is 14.8. The molecule has 0 heteroatoms. The summed E-state index contributed by atoms with van der Waals surface area (Å²) in [6, 6.07) is 35.1. The van der Waals surface area contributed by atoms with Gasteiger partial charge in [-0.2, -0.15) is 0 Å². The summed E-state index contributed by atoms with van der Waals surface area (Å²) >= 11 is 0. The van der Waals surface area contributed by atoms with E-state index in [2.05, 4.69) is 137 Å². The molecule has 0 atom stereocenters. The summed E-state index contributed by atoms with van der Waals surface area (Å²) in [6.07, 6.45) is 7.99. The van der Waals surface area contributed by atoms with Crippen LogP contribution in [0.5, 0.6) is 0 Å². The summed E-state index contributed by atoms with van der Waals surface area (Å²) in [5.74, 6) is 0. The lowest BCUT2D eigenvalue weighted by molar-refractivity contribution is 0.660. The van der Waals surface area contributed by atoms with Gasteiger partial charge in [0.15, 0.2) is 0 Å². The fraction of sp³-hybridized carbons (Fsp3) is 0.0698. The summed E-state index contributed by atoms with van der Waals surface area (Å²) in [7, 11) is 0. The lowest BCUT2D eigenvalue weighted by Gasteiger charge is -2.26. The molecule has 7 rings (SSSR count). The van der Waals surface area contributed by atoms with Gasteiger partial charge in [-0.25, -0.2) is 0 Å². The third-order valence-electron chi connectivity index (χ3n) is 9.37. The quantitative estimate of drug-likeness (QED) is 0.193. The molecule has 0 nitrogen and oxygen atoms in total. The predicted octanol–water partition coefficient (Wildman–Crippen LogP) is 12.2. The highest BCUT2D eigenvalue weighted by molar-refractivity contribution is 6.13. The molecule has 0 spiro atoms. The average Bonchev–Trinajstić information content (AvgIpc) is 3.28. The number of rotatable bonds is 6. The maximum absolute atomic E-state index is 4.36. The molecule has 6 aromatic carbocycles. The molecule has 6 aromatic rings. The van der Waals surface area contributed by atoms with Crippen LogP contribution < -0.4 is 0 Å². The van der Waals surface area contributed by atoms with Crippen molar-refractivity contribution in [3.8, 4) is 33.4 Å². The van der Waals surface area contributed by atoms with Gasteiger partial charge in [0.25, 0.3) is 0 Å². The highest BCUT2D eigenvalue weighted by atomic mass is 14.4. The minimum atomic E-state index is -0.158. The van der Waals surface area contributed by atoms with Crippen molar-refractivity contribution < 1.29 is 0 Å². The first-order valence-corrected chi connectivity index (χ1v) is 14.8. The molecule has 0 fully saturated rings. The smallest absolute Gasteiger partial charge is 0.0159 e. The van der Waals surface area contributed by atoms with Gasteiger partial charge in [0.2, 0.25) is 0 Å². The summed E-state index contributed by atoms with van der Waals surface area (Å²) < 4.78 is 0. The van der Waals surface area contributed by atoms with Gasteiger partial charge in [0.05, 0.1) is 0 Å². The van der Waals surface area contributed by atoms with Crippen LogP contribution in [0.2, 0.25) is 0 Å². The van der Waals surface area contributed by atoms with Crippen molar-refractivity contribution in [1.29, 1.82) is 0 Å². The summed E-state index contributed by atoms with van der Waals surface area (Å²) in [5.41, 5.74) is 14.0. The van der Waals surface area contributed by atoms with Crippen LogP contribution in [0.4, 0.5) is 0 Å². The Morgan fingerprint density at radius 2 is 1.02 bits per heavy atom. The number of hydrogen-bond donors (Lipinski definition) is 0. The molecule has 0 N–H and O–H groups in total. The lowest BCUT2D eigenvalue weighted by Crippen LogP contribution is -2.15. The lowest BCUT2D eigenvalue weighted by atomic mass is 9.77. The molecule has 0 saturated carbocycles. The van der Waals surface area contributed by atoms with Gasteiger partial charge in [-0.15, -0.1) is 0 Å². The molecule has 0 bridgehead atoms. The largest absolute Gasteiger partial charge is 0.0984 e. The van der Waals surface area contributed by atoms with Crippen molar-refractivity contribution >= 4 is 45.8 Å². The average molecular weight is 551 g/mol. The normalized spacial score (nSPS) is 13.0. The van der Waals surface area contributed by atoms with E-state index in [1.165, 1.54) is 54.9 Å². The van der Waals surface area contributed by atoms with Gasteiger partial charge in [-0.05, 0) is 100 Å². The number of fused-ring (bicyclic) bond motifs is 5. The van der Waals surface area contributed by atoms with E-state index in [0.29, 0.717) is 0 Å². The molecule has 1 aliphatic rings. The molecule has 0 amide bonds. The fourth-order valence-electron chi connectivity index (χ4n) is 7.38. The van der Waals surface area contributed by atoms with Crippen molar-refractivity contribution in [2.45, 2.75) is 19.3 Å². The Balaban J connectivity index is 1.63. The van der Waals surface area contributed by atoms with Crippen molar-refractivity contribution in [3.05, 3.63) is 157 Å². The van der Waals surface area contributed by atoms with E-state index < -0.39 is 0 Å². The Morgan fingerprint density at radius 1 is 0.465 bits per heavy atom. The second-order valence-electron chi connectivity index (χ2n) is 11.8. The molecule has 0 heterocycles. The molecule has 0 radical (unpaired) electrons. The third kappa shape index (κ3) is 3.76. The molecule has 0 aromatic heterocycles. The van der Waals surface area contributed by atoms with Crippen molar-refractivity contribution in [1.82, 2.24) is 0 Å². The van der Waals surface area contributed by atoms with Crippen LogP contribution in [-0.2, 0) is 5.41 Å². The SMILES string of the molecule is C=Cc1c(-c2c(C=C)c(C=C)c(-c3ccc4ccccc4c3)c3ccccc23)cc2c(c1C=C)-c1ccccc1C2(C)C. The Kier molecular flexibility index (Phi) is 6.18. The van der Waals surface area contributed by atoms with E-state index in [9.17, 15) is 0 Å². The topological polar surface area (TPSA) is 0 Å². The standard InChI is InChI=1S/C43H34/c1-7-30-31(8-2)42-36-21-15-16-22-38(36)43(5,6)39(42)26-37(30)41-33(10-4)32(9-3)40(34-19-13-14-20-35(34)41)29-24-23-27-17-11-12-18-28(27)25-29/h7-26H,1-4H2,5-6H3. The Labute approximate surface area is 254 Å². The Morgan fingerprint density at radius 3 is 1.72 bits per heavy atom. The number of benzene rings is 6. The van der Waals surface area contributed by atoms with E-state index in [-0.39, 0.29) is 5.41 Å². The minimum Gasteiger partial charge on any atom is -0.0984 e. The van der Waals surface area contributed by atoms with Crippen molar-refractivity contribution in [2.75, 3.05) is 0 Å². The summed E-state index contributed by atoms with van der Waals surface area (Å²) in [5, 5.41) is 4.81. The molecule has 43 heavy (non-hydrogen) atoms. The highest BCUT2D eigenvalue weighted by Gasteiger charge is 2.38. The van der Waals surface area contributed by atoms with Crippen LogP contribution in [-0.4, -0.2) is 0 Å². The molecule has 0 saturated heterocycles. The van der Waals surface area contributed by atoms with Crippen molar-refractivity contribution in [3.63, 3.8) is 0 Å². The van der Waals surface area contributed by atoms with Gasteiger partial charge in [0.1, 0.15) is 0 Å². The van der Waals surface area contributed by atoms with Gasteiger partial charge in [-0.3, -0.25) is 0 Å². The van der Waals surface area contributed by atoms with Gasteiger partial charge < -0.3 is 0 Å². The van der Waals surface area contributed by atoms with Crippen LogP contribution in [0.15, 0.2) is 123 Å². The zero-order valence-electron chi connectivity index (χ0n) is 24.9. The van der Waals surface area contributed by atoms with Crippen LogP contribution in [0, 0.1) is 0 Å². The first kappa shape index (κ1) is 26.7. The molecule has 0 aliphatic heterocycles. The highest BCUT2D eigenvalue weighted by Crippen LogP contribution is 2.54. The molecule has 206 valence electrons. The third-order valence-corrected chi connectivity index (χ3v) is 9.37. The van der Waals surface area contributed by atoms with Gasteiger partial charge in [-0.1, -0.05) is 149 Å². The van der Waals surface area contributed by atoms with Crippen LogP contribution in [0.3, 0.4) is 0 Å². The van der Waals surface area contributed by atoms with Crippen LogP contribution >= 0.6 is 0 Å². The maximum atomic E-state index is 4.36. The summed E-state index contributed by atoms with van der Waals surface area (Å²) in [4.78, 5) is 0. The van der Waals surface area contributed by atoms with E-state index >= 15 is 0 Å². The predicted molar refractivity (Wildman–Crippen MR) is 190 cm³/mol. The second-order valence-corrected chi connectivity index (χ2v) is 11.8. The van der Waals surface area contributed by atoms with Crippen LogP contribution in [0.25, 0.3) is 79.2 Å². The zero-order valence-corrected chi connectivity index (χ0v) is 24.9. The minimum absolute atomic E-state index is 0.158.